The quantitative estimate of drug-likeness (QED) is 0.508. The van der Waals surface area contributed by atoms with E-state index in [0.29, 0.717) is 11.3 Å². The van der Waals surface area contributed by atoms with E-state index in [9.17, 15) is 26.4 Å². The van der Waals surface area contributed by atoms with Crippen molar-refractivity contribution >= 4 is 27.3 Å². The van der Waals surface area contributed by atoms with Gasteiger partial charge in [0.25, 0.3) is 5.91 Å². The highest BCUT2D eigenvalue weighted by atomic mass is 32.2. The van der Waals surface area contributed by atoms with Crippen LogP contribution in [0.4, 0.5) is 24.5 Å². The van der Waals surface area contributed by atoms with E-state index in [4.69, 9.17) is 0 Å². The molecule has 0 aliphatic rings. The molecule has 0 heterocycles. The average Bonchev–Trinajstić information content (AvgIpc) is 2.72. The highest BCUT2D eigenvalue weighted by Gasteiger charge is 2.30. The van der Waals surface area contributed by atoms with E-state index < -0.39 is 27.7 Å². The highest BCUT2D eigenvalue weighted by molar-refractivity contribution is 7.92. The maximum absolute atomic E-state index is 12.7. The molecule has 0 fully saturated rings. The van der Waals surface area contributed by atoms with Crippen LogP contribution in [-0.2, 0) is 22.7 Å². The van der Waals surface area contributed by atoms with E-state index >= 15 is 0 Å². The van der Waals surface area contributed by atoms with Crippen LogP contribution >= 0.6 is 0 Å². The highest BCUT2D eigenvalue weighted by Crippen LogP contribution is 2.30. The average molecular weight is 477 g/mol. The van der Waals surface area contributed by atoms with Crippen molar-refractivity contribution in [2.24, 2.45) is 0 Å². The molecule has 0 aliphatic heterocycles. The van der Waals surface area contributed by atoms with Gasteiger partial charge in [-0.1, -0.05) is 30.3 Å². The number of alkyl halides is 3. The van der Waals surface area contributed by atoms with E-state index in [1.165, 1.54) is 16.4 Å². The normalized spacial score (nSPS) is 11.8. The Morgan fingerprint density at radius 1 is 0.909 bits per heavy atom. The number of nitrogens with zero attached hydrogens (tertiary/aromatic N) is 1. The molecule has 0 aliphatic carbocycles. The van der Waals surface area contributed by atoms with Gasteiger partial charge in [0.15, 0.2) is 0 Å². The van der Waals surface area contributed by atoms with Crippen LogP contribution in [0.5, 0.6) is 0 Å². The molecule has 1 amide bonds. The lowest BCUT2D eigenvalue weighted by Crippen LogP contribution is -2.30. The number of carbonyl (C=O) groups excluding carboxylic acids is 1. The standard InChI is InChI=1S/C24H23F3N2O3S/c1-16-5-4-6-17(2)22(16)29(33(3,31)32)15-18-7-9-19(10-8-18)23(30)28-21-13-11-20(12-14-21)24(25,26)27/h4-14H,15H2,1-3H3,(H,28,30). The molecule has 0 unspecified atom stereocenters. The molecule has 0 radical (unpaired) electrons. The van der Waals surface area contributed by atoms with Crippen LogP contribution in [0.3, 0.4) is 0 Å². The Morgan fingerprint density at radius 3 is 1.94 bits per heavy atom. The summed E-state index contributed by atoms with van der Waals surface area (Å²) < 4.78 is 64.3. The van der Waals surface area contributed by atoms with E-state index in [1.807, 2.05) is 32.0 Å². The van der Waals surface area contributed by atoms with Gasteiger partial charge in [-0.2, -0.15) is 13.2 Å². The summed E-state index contributed by atoms with van der Waals surface area (Å²) in [6.45, 7) is 3.77. The third-order valence-electron chi connectivity index (χ3n) is 5.10. The van der Waals surface area contributed by atoms with Gasteiger partial charge in [0, 0.05) is 11.3 Å². The van der Waals surface area contributed by atoms with Crippen molar-refractivity contribution in [1.29, 1.82) is 0 Å². The Balaban J connectivity index is 1.77. The van der Waals surface area contributed by atoms with E-state index in [-0.39, 0.29) is 17.8 Å². The summed E-state index contributed by atoms with van der Waals surface area (Å²) in [4.78, 5) is 12.5. The summed E-state index contributed by atoms with van der Waals surface area (Å²) in [6.07, 6.45) is -3.31. The van der Waals surface area contributed by atoms with E-state index in [0.717, 1.165) is 29.5 Å². The van der Waals surface area contributed by atoms with Crippen LogP contribution in [0.1, 0.15) is 32.6 Å². The fraction of sp³-hybridized carbons (Fsp3) is 0.208. The molecule has 33 heavy (non-hydrogen) atoms. The summed E-state index contributed by atoms with van der Waals surface area (Å²) in [5.41, 5.74) is 2.66. The van der Waals surface area contributed by atoms with E-state index in [2.05, 4.69) is 5.32 Å². The fourth-order valence-electron chi connectivity index (χ4n) is 3.43. The van der Waals surface area contributed by atoms with Gasteiger partial charge >= 0.3 is 6.18 Å². The molecule has 3 aromatic carbocycles. The van der Waals surface area contributed by atoms with Crippen molar-refractivity contribution in [3.8, 4) is 0 Å². The molecular weight excluding hydrogens is 453 g/mol. The van der Waals surface area contributed by atoms with Gasteiger partial charge in [0.1, 0.15) is 0 Å². The van der Waals surface area contributed by atoms with Gasteiger partial charge in [-0.05, 0) is 66.9 Å². The smallest absolute Gasteiger partial charge is 0.322 e. The molecule has 3 aromatic rings. The molecule has 9 heteroatoms. The Hall–Kier alpha value is -3.33. The van der Waals surface area contributed by atoms with Crippen LogP contribution in [0.15, 0.2) is 66.7 Å². The molecule has 0 atom stereocenters. The summed E-state index contributed by atoms with van der Waals surface area (Å²) in [7, 11) is -3.57. The molecule has 0 saturated carbocycles. The summed E-state index contributed by atoms with van der Waals surface area (Å²) in [5, 5.41) is 2.55. The summed E-state index contributed by atoms with van der Waals surface area (Å²) in [6, 6.07) is 16.1. The third kappa shape index (κ3) is 5.92. The second kappa shape index (κ2) is 9.27. The molecule has 0 bridgehead atoms. The minimum absolute atomic E-state index is 0.0886. The Morgan fingerprint density at radius 2 is 1.45 bits per heavy atom. The van der Waals surface area contributed by atoms with Crippen molar-refractivity contribution in [3.63, 3.8) is 0 Å². The van der Waals surface area contributed by atoms with Crippen molar-refractivity contribution in [2.75, 3.05) is 15.9 Å². The predicted octanol–water partition coefficient (Wildman–Crippen LogP) is 5.54. The van der Waals surface area contributed by atoms with Crippen LogP contribution < -0.4 is 9.62 Å². The van der Waals surface area contributed by atoms with Gasteiger partial charge in [-0.3, -0.25) is 9.10 Å². The number of aryl methyl sites for hydroxylation is 2. The number of para-hydroxylation sites is 1. The van der Waals surface area contributed by atoms with Crippen molar-refractivity contribution in [1.82, 2.24) is 0 Å². The Labute approximate surface area is 190 Å². The lowest BCUT2D eigenvalue weighted by Gasteiger charge is -2.26. The first-order valence-electron chi connectivity index (χ1n) is 9.98. The van der Waals surface area contributed by atoms with Crippen molar-refractivity contribution in [2.45, 2.75) is 26.6 Å². The van der Waals surface area contributed by atoms with Crippen LogP contribution in [0, 0.1) is 13.8 Å². The molecule has 0 saturated heterocycles. The Kier molecular flexibility index (Phi) is 6.83. The van der Waals surface area contributed by atoms with Crippen molar-refractivity contribution < 1.29 is 26.4 Å². The molecule has 0 aromatic heterocycles. The largest absolute Gasteiger partial charge is 0.416 e. The maximum atomic E-state index is 12.7. The minimum atomic E-state index is -4.45. The number of benzene rings is 3. The van der Waals surface area contributed by atoms with Crippen molar-refractivity contribution in [3.05, 3.63) is 94.5 Å². The number of hydrogen-bond donors (Lipinski definition) is 1. The lowest BCUT2D eigenvalue weighted by atomic mass is 10.1. The first-order valence-corrected chi connectivity index (χ1v) is 11.8. The number of halogens is 3. The van der Waals surface area contributed by atoms with Gasteiger partial charge < -0.3 is 5.32 Å². The Bertz CT molecular complexity index is 1230. The number of rotatable bonds is 6. The van der Waals surface area contributed by atoms with E-state index in [1.54, 1.807) is 24.3 Å². The SMILES string of the molecule is Cc1cccc(C)c1N(Cc1ccc(C(=O)Nc2ccc(C(F)(F)F)cc2)cc1)S(C)(=O)=O. The molecular formula is C24H23F3N2O3S. The maximum Gasteiger partial charge on any atom is 0.416 e. The fourth-order valence-corrected chi connectivity index (χ4v) is 4.44. The number of anilines is 2. The number of carbonyl (C=O) groups is 1. The first-order chi connectivity index (χ1) is 15.4. The van der Waals surface area contributed by atoms with Gasteiger partial charge in [-0.15, -0.1) is 0 Å². The molecule has 5 nitrogen and oxygen atoms in total. The van der Waals surface area contributed by atoms with Crippen LogP contribution in [-0.4, -0.2) is 20.6 Å². The summed E-state index contributed by atoms with van der Waals surface area (Å²) >= 11 is 0. The second-order valence-electron chi connectivity index (χ2n) is 7.74. The monoisotopic (exact) mass is 476 g/mol. The van der Waals surface area contributed by atoms with Gasteiger partial charge in [-0.25, -0.2) is 8.42 Å². The zero-order valence-electron chi connectivity index (χ0n) is 18.3. The zero-order valence-corrected chi connectivity index (χ0v) is 19.1. The molecule has 174 valence electrons. The number of hydrogen-bond acceptors (Lipinski definition) is 3. The van der Waals surface area contributed by atoms with Crippen LogP contribution in [0.25, 0.3) is 0 Å². The predicted molar refractivity (Wildman–Crippen MR) is 123 cm³/mol. The zero-order chi connectivity index (χ0) is 24.4. The molecule has 3 rings (SSSR count). The lowest BCUT2D eigenvalue weighted by molar-refractivity contribution is -0.137. The second-order valence-corrected chi connectivity index (χ2v) is 9.64. The topological polar surface area (TPSA) is 66.5 Å². The molecule has 1 N–H and O–H groups in total. The minimum Gasteiger partial charge on any atom is -0.322 e. The first kappa shape index (κ1) is 24.3. The number of sulfonamides is 1. The van der Waals surface area contributed by atoms with Gasteiger partial charge in [0.05, 0.1) is 24.1 Å². The number of amides is 1. The molecule has 0 spiro atoms. The summed E-state index contributed by atoms with van der Waals surface area (Å²) in [5.74, 6) is -0.490. The van der Waals surface area contributed by atoms with Crippen LogP contribution in [0.2, 0.25) is 0 Å². The third-order valence-corrected chi connectivity index (χ3v) is 6.21. The number of nitrogens with one attached hydrogen (secondary N) is 1. The van der Waals surface area contributed by atoms with Gasteiger partial charge in [0.2, 0.25) is 10.0 Å².